The first-order valence-electron chi connectivity index (χ1n) is 14.5. The molecule has 0 unspecified atom stereocenters. The summed E-state index contributed by atoms with van der Waals surface area (Å²) in [6, 6.07) is 47.2. The Morgan fingerprint density at radius 1 is 0.628 bits per heavy atom. The van der Waals surface area contributed by atoms with E-state index >= 15 is 0 Å². The molecule has 0 radical (unpaired) electrons. The number of rotatable bonds is 6. The van der Waals surface area contributed by atoms with Crippen molar-refractivity contribution in [2.24, 2.45) is 0 Å². The third kappa shape index (κ3) is 4.67. The van der Waals surface area contributed by atoms with Crippen LogP contribution < -0.4 is 0 Å². The predicted octanol–water partition coefficient (Wildman–Crippen LogP) is 9.45. The van der Waals surface area contributed by atoms with Gasteiger partial charge in [0.1, 0.15) is 11.6 Å². The second-order valence-electron chi connectivity index (χ2n) is 11.3. The van der Waals surface area contributed by atoms with Gasteiger partial charge in [-0.2, -0.15) is 0 Å². The van der Waals surface area contributed by atoms with E-state index in [9.17, 15) is 5.11 Å². The molecule has 4 heteroatoms. The van der Waals surface area contributed by atoms with Crippen LogP contribution in [0.5, 0.6) is 5.75 Å². The van der Waals surface area contributed by atoms with Gasteiger partial charge in [0.2, 0.25) is 0 Å². The van der Waals surface area contributed by atoms with Gasteiger partial charge in [-0.25, -0.2) is 4.98 Å². The highest BCUT2D eigenvalue weighted by molar-refractivity contribution is 5.96. The van der Waals surface area contributed by atoms with Crippen LogP contribution in [0.25, 0.3) is 50.5 Å². The summed E-state index contributed by atoms with van der Waals surface area (Å²) in [5.74, 6) is 0.931. The van der Waals surface area contributed by atoms with Gasteiger partial charge in [0.05, 0.1) is 22.3 Å². The molecule has 0 amide bonds. The van der Waals surface area contributed by atoms with Crippen molar-refractivity contribution in [2.45, 2.75) is 19.3 Å². The molecule has 0 bridgehead atoms. The van der Waals surface area contributed by atoms with Crippen LogP contribution in [-0.2, 0) is 5.41 Å². The molecule has 0 fully saturated rings. The number of pyridine rings is 1. The third-order valence-corrected chi connectivity index (χ3v) is 8.28. The molecule has 0 aliphatic carbocycles. The van der Waals surface area contributed by atoms with Gasteiger partial charge in [-0.05, 0) is 53.6 Å². The number of aromatic hydroxyl groups is 1. The molecule has 0 atom stereocenters. The van der Waals surface area contributed by atoms with Crippen LogP contribution in [0.2, 0.25) is 0 Å². The Hall–Kier alpha value is -5.48. The van der Waals surface area contributed by atoms with Crippen LogP contribution in [0.3, 0.4) is 0 Å². The smallest absolute Gasteiger partial charge is 0.149 e. The van der Waals surface area contributed by atoms with E-state index in [2.05, 4.69) is 90.1 Å². The molecule has 43 heavy (non-hydrogen) atoms. The average Bonchev–Trinajstić information content (AvgIpc) is 3.45. The third-order valence-electron chi connectivity index (χ3n) is 8.28. The van der Waals surface area contributed by atoms with E-state index in [4.69, 9.17) is 4.98 Å². The zero-order valence-corrected chi connectivity index (χ0v) is 24.1. The van der Waals surface area contributed by atoms with Crippen molar-refractivity contribution in [3.05, 3.63) is 157 Å². The van der Waals surface area contributed by atoms with Crippen LogP contribution in [-0.4, -0.2) is 19.6 Å². The Morgan fingerprint density at radius 2 is 1.30 bits per heavy atom. The van der Waals surface area contributed by atoms with Gasteiger partial charge in [0.25, 0.3) is 0 Å². The number of phenols is 1. The minimum atomic E-state index is -0.415. The van der Waals surface area contributed by atoms with Crippen LogP contribution in [0.15, 0.2) is 146 Å². The summed E-state index contributed by atoms with van der Waals surface area (Å²) in [5.41, 5.74) is 9.12. The first kappa shape index (κ1) is 26.4. The lowest BCUT2D eigenvalue weighted by Gasteiger charge is -2.27. The molecule has 0 aliphatic heterocycles. The summed E-state index contributed by atoms with van der Waals surface area (Å²) in [6.07, 6.45) is 1.82. The fraction of sp³-hybridized carbons (Fsp3) is 0.0769. The van der Waals surface area contributed by atoms with Crippen molar-refractivity contribution in [1.29, 1.82) is 0 Å². The number of aromatic nitrogens is 3. The zero-order valence-electron chi connectivity index (χ0n) is 24.1. The highest BCUT2D eigenvalue weighted by Gasteiger charge is 2.29. The Kier molecular flexibility index (Phi) is 6.59. The van der Waals surface area contributed by atoms with Crippen LogP contribution in [0.1, 0.15) is 25.0 Å². The van der Waals surface area contributed by atoms with E-state index in [-0.39, 0.29) is 5.75 Å². The largest absolute Gasteiger partial charge is 0.507 e. The maximum atomic E-state index is 11.9. The standard InChI is InChI=1S/C39H31N3O/c1-39(2,29-16-5-3-6-17-29)33-22-12-21-32(37(33)43)38-41-36-31(20-13-24-35(36)42(38)30-18-7-4-8-19-30)27-14-11-15-28(26-27)34-23-9-10-25-40-34/h3-26,43H,1-2H3. The molecular formula is C39H31N3O. The number of phenolic OH excluding ortho intramolecular Hbond substituents is 1. The lowest BCUT2D eigenvalue weighted by Crippen LogP contribution is -2.19. The van der Waals surface area contributed by atoms with Gasteiger partial charge in [-0.3, -0.25) is 9.55 Å². The molecule has 0 saturated heterocycles. The molecule has 0 aliphatic rings. The van der Waals surface area contributed by atoms with Gasteiger partial charge in [0, 0.05) is 34.0 Å². The molecule has 2 aromatic heterocycles. The van der Waals surface area contributed by atoms with Gasteiger partial charge in [0.15, 0.2) is 0 Å². The summed E-state index contributed by atoms with van der Waals surface area (Å²) in [7, 11) is 0. The molecule has 0 saturated carbocycles. The molecule has 5 aromatic carbocycles. The number of hydrogen-bond acceptors (Lipinski definition) is 3. The van der Waals surface area contributed by atoms with E-state index in [0.717, 1.165) is 50.2 Å². The fourth-order valence-corrected chi connectivity index (χ4v) is 5.97. The van der Waals surface area contributed by atoms with E-state index in [0.29, 0.717) is 11.4 Å². The number of benzene rings is 5. The molecular weight excluding hydrogens is 526 g/mol. The van der Waals surface area contributed by atoms with E-state index in [1.54, 1.807) is 0 Å². The normalized spacial score (nSPS) is 11.6. The summed E-state index contributed by atoms with van der Waals surface area (Å²) >= 11 is 0. The SMILES string of the molecule is CC(C)(c1ccccc1)c1cccc(-c2nc3c(-c4cccc(-c5ccccn5)c4)cccc3n2-c2ccccc2)c1O. The van der Waals surface area contributed by atoms with Crippen LogP contribution >= 0.6 is 0 Å². The summed E-state index contributed by atoms with van der Waals surface area (Å²) < 4.78 is 2.15. The fourth-order valence-electron chi connectivity index (χ4n) is 5.97. The van der Waals surface area contributed by atoms with Crippen LogP contribution in [0, 0.1) is 0 Å². The van der Waals surface area contributed by atoms with Gasteiger partial charge < -0.3 is 5.11 Å². The van der Waals surface area contributed by atoms with Crippen LogP contribution in [0.4, 0.5) is 0 Å². The van der Waals surface area contributed by atoms with Crippen molar-refractivity contribution >= 4 is 11.0 Å². The predicted molar refractivity (Wildman–Crippen MR) is 175 cm³/mol. The molecule has 7 aromatic rings. The lowest BCUT2D eigenvalue weighted by molar-refractivity contribution is 0.454. The zero-order chi connectivity index (χ0) is 29.4. The van der Waals surface area contributed by atoms with Gasteiger partial charge >= 0.3 is 0 Å². The Bertz CT molecular complexity index is 2050. The second kappa shape index (κ2) is 10.7. The Morgan fingerprint density at radius 3 is 2.07 bits per heavy atom. The summed E-state index contributed by atoms with van der Waals surface area (Å²) in [4.78, 5) is 9.84. The highest BCUT2D eigenvalue weighted by atomic mass is 16.3. The molecule has 0 spiro atoms. The number of fused-ring (bicyclic) bond motifs is 1. The van der Waals surface area contributed by atoms with Gasteiger partial charge in [-0.1, -0.05) is 111 Å². The first-order chi connectivity index (χ1) is 21.0. The van der Waals surface area contributed by atoms with Crippen molar-refractivity contribution in [3.63, 3.8) is 0 Å². The summed E-state index contributed by atoms with van der Waals surface area (Å²) in [5, 5.41) is 11.9. The molecule has 4 nitrogen and oxygen atoms in total. The van der Waals surface area contributed by atoms with Crippen molar-refractivity contribution < 1.29 is 5.11 Å². The first-order valence-corrected chi connectivity index (χ1v) is 14.5. The summed E-state index contributed by atoms with van der Waals surface area (Å²) in [6.45, 7) is 4.29. The van der Waals surface area contributed by atoms with E-state index in [1.807, 2.05) is 79.0 Å². The number of hydrogen-bond donors (Lipinski definition) is 1. The monoisotopic (exact) mass is 557 g/mol. The van der Waals surface area contributed by atoms with E-state index < -0.39 is 5.41 Å². The van der Waals surface area contributed by atoms with Gasteiger partial charge in [-0.15, -0.1) is 0 Å². The number of imidazole rings is 1. The molecule has 2 heterocycles. The minimum absolute atomic E-state index is 0.238. The average molecular weight is 558 g/mol. The van der Waals surface area contributed by atoms with Crippen molar-refractivity contribution in [2.75, 3.05) is 0 Å². The molecule has 7 rings (SSSR count). The number of para-hydroxylation sites is 3. The Labute approximate surface area is 251 Å². The highest BCUT2D eigenvalue weighted by Crippen LogP contribution is 2.43. The minimum Gasteiger partial charge on any atom is -0.507 e. The topological polar surface area (TPSA) is 50.9 Å². The van der Waals surface area contributed by atoms with E-state index in [1.165, 1.54) is 0 Å². The van der Waals surface area contributed by atoms with Crippen molar-refractivity contribution in [1.82, 2.24) is 14.5 Å². The maximum Gasteiger partial charge on any atom is 0.149 e. The van der Waals surface area contributed by atoms with Crippen molar-refractivity contribution in [3.8, 4) is 45.2 Å². The number of nitrogens with zero attached hydrogens (tertiary/aromatic N) is 3. The Balaban J connectivity index is 1.46. The quantitative estimate of drug-likeness (QED) is 0.222. The second-order valence-corrected chi connectivity index (χ2v) is 11.3. The molecule has 1 N–H and O–H groups in total. The maximum absolute atomic E-state index is 11.9. The lowest BCUT2D eigenvalue weighted by atomic mass is 9.77. The molecule has 208 valence electrons.